The molecule has 2 heteroatoms. The summed E-state index contributed by atoms with van der Waals surface area (Å²) >= 11 is 0. The highest BCUT2D eigenvalue weighted by molar-refractivity contribution is 4.93. The van der Waals surface area contributed by atoms with E-state index >= 15 is 0 Å². The van der Waals surface area contributed by atoms with Gasteiger partial charge in [-0.05, 0) is 18.8 Å². The molecule has 0 radical (unpaired) electrons. The van der Waals surface area contributed by atoms with Crippen LogP contribution in [0.3, 0.4) is 0 Å². The Hall–Kier alpha value is -0.500. The maximum absolute atomic E-state index is 9.40. The zero-order valence-electron chi connectivity index (χ0n) is 6.79. The van der Waals surface area contributed by atoms with Crippen molar-refractivity contribution in [1.29, 1.82) is 0 Å². The van der Waals surface area contributed by atoms with E-state index in [2.05, 4.69) is 6.58 Å². The molecule has 0 aromatic carbocycles. The molecule has 0 aromatic heterocycles. The summed E-state index contributed by atoms with van der Waals surface area (Å²) in [7, 11) is 0. The molecule has 1 unspecified atom stereocenters. The second-order valence-corrected chi connectivity index (χ2v) is 3.33. The van der Waals surface area contributed by atoms with Gasteiger partial charge in [0.1, 0.15) is 11.9 Å². The molecule has 0 aromatic rings. The molecule has 1 fully saturated rings. The molecule has 1 aliphatic carbocycles. The summed E-state index contributed by atoms with van der Waals surface area (Å²) in [6.07, 6.45) is 4.99. The lowest BCUT2D eigenvalue weighted by atomic mass is 9.85. The Morgan fingerprint density at radius 1 is 1.27 bits per heavy atom. The Morgan fingerprint density at radius 3 is 2.27 bits per heavy atom. The fourth-order valence-corrected chi connectivity index (χ4v) is 1.72. The highest BCUT2D eigenvalue weighted by atomic mass is 16.3. The van der Waals surface area contributed by atoms with Crippen molar-refractivity contribution in [2.24, 2.45) is 5.92 Å². The number of aliphatic hydroxyl groups is 2. The third kappa shape index (κ3) is 2.22. The zero-order valence-corrected chi connectivity index (χ0v) is 6.79. The predicted octanol–water partition coefficient (Wildman–Crippen LogP) is 2.00. The van der Waals surface area contributed by atoms with Crippen LogP contribution in [-0.4, -0.2) is 16.3 Å². The van der Waals surface area contributed by atoms with Gasteiger partial charge in [-0.15, -0.1) is 0 Å². The van der Waals surface area contributed by atoms with Gasteiger partial charge in [0.15, 0.2) is 0 Å². The standard InChI is InChI=1S/C9H16O2/c1-7(10)9(11)8-5-3-2-4-6-8/h8-11H,1-6H2. The van der Waals surface area contributed by atoms with Gasteiger partial charge in [0.05, 0.1) is 0 Å². The third-order valence-corrected chi connectivity index (χ3v) is 2.44. The van der Waals surface area contributed by atoms with E-state index in [1.807, 2.05) is 0 Å². The van der Waals surface area contributed by atoms with Crippen molar-refractivity contribution in [1.82, 2.24) is 0 Å². The molecule has 0 heterocycles. The summed E-state index contributed by atoms with van der Waals surface area (Å²) in [5.74, 6) is 0.179. The van der Waals surface area contributed by atoms with Crippen molar-refractivity contribution in [2.75, 3.05) is 0 Å². The molecular formula is C9H16O2. The van der Waals surface area contributed by atoms with Gasteiger partial charge in [-0.3, -0.25) is 0 Å². The van der Waals surface area contributed by atoms with Crippen LogP contribution in [0.4, 0.5) is 0 Å². The summed E-state index contributed by atoms with van der Waals surface area (Å²) in [6, 6.07) is 0. The van der Waals surface area contributed by atoms with E-state index in [0.29, 0.717) is 0 Å². The van der Waals surface area contributed by atoms with Crippen LogP contribution in [0, 0.1) is 5.92 Å². The summed E-state index contributed by atoms with van der Waals surface area (Å²) in [5, 5.41) is 18.3. The topological polar surface area (TPSA) is 40.5 Å². The maximum atomic E-state index is 9.40. The Bertz CT molecular complexity index is 136. The van der Waals surface area contributed by atoms with Crippen molar-refractivity contribution in [2.45, 2.75) is 38.2 Å². The van der Waals surface area contributed by atoms with E-state index in [-0.39, 0.29) is 11.7 Å². The Labute approximate surface area is 67.6 Å². The van der Waals surface area contributed by atoms with Gasteiger partial charge in [0, 0.05) is 0 Å². The first-order valence-corrected chi connectivity index (χ1v) is 4.27. The first kappa shape index (κ1) is 8.60. The lowest BCUT2D eigenvalue weighted by Gasteiger charge is -2.25. The highest BCUT2D eigenvalue weighted by Gasteiger charge is 2.23. The second-order valence-electron chi connectivity index (χ2n) is 3.33. The highest BCUT2D eigenvalue weighted by Crippen LogP contribution is 2.28. The average molecular weight is 156 g/mol. The minimum atomic E-state index is -0.685. The molecule has 1 atom stereocenters. The van der Waals surface area contributed by atoms with E-state index in [4.69, 9.17) is 5.11 Å². The quantitative estimate of drug-likeness (QED) is 0.600. The minimum Gasteiger partial charge on any atom is -0.510 e. The Kier molecular flexibility index (Phi) is 2.94. The second kappa shape index (κ2) is 3.77. The van der Waals surface area contributed by atoms with Crippen molar-refractivity contribution in [3.05, 3.63) is 12.3 Å². The fraction of sp³-hybridized carbons (Fsp3) is 0.778. The molecule has 1 rings (SSSR count). The van der Waals surface area contributed by atoms with Crippen molar-refractivity contribution < 1.29 is 10.2 Å². The molecule has 0 amide bonds. The van der Waals surface area contributed by atoms with Crippen LogP contribution < -0.4 is 0 Å². The first-order valence-electron chi connectivity index (χ1n) is 4.27. The molecule has 0 bridgehead atoms. The summed E-state index contributed by atoms with van der Waals surface area (Å²) in [5.41, 5.74) is 0. The van der Waals surface area contributed by atoms with Crippen molar-refractivity contribution in [3.63, 3.8) is 0 Å². The molecule has 0 saturated heterocycles. The molecular weight excluding hydrogens is 140 g/mol. The molecule has 2 N–H and O–H groups in total. The lowest BCUT2D eigenvalue weighted by molar-refractivity contribution is 0.0777. The van der Waals surface area contributed by atoms with Gasteiger partial charge in [0.25, 0.3) is 0 Å². The van der Waals surface area contributed by atoms with Gasteiger partial charge >= 0.3 is 0 Å². The normalized spacial score (nSPS) is 23.0. The van der Waals surface area contributed by atoms with Gasteiger partial charge in [-0.1, -0.05) is 25.8 Å². The number of aliphatic hydroxyl groups excluding tert-OH is 2. The lowest BCUT2D eigenvalue weighted by Crippen LogP contribution is -2.24. The summed E-state index contributed by atoms with van der Waals surface area (Å²) in [6.45, 7) is 3.34. The summed E-state index contributed by atoms with van der Waals surface area (Å²) < 4.78 is 0. The fourth-order valence-electron chi connectivity index (χ4n) is 1.72. The largest absolute Gasteiger partial charge is 0.510 e. The smallest absolute Gasteiger partial charge is 0.114 e. The van der Waals surface area contributed by atoms with Crippen LogP contribution in [0.15, 0.2) is 12.3 Å². The molecule has 1 saturated carbocycles. The van der Waals surface area contributed by atoms with Crippen molar-refractivity contribution >= 4 is 0 Å². The molecule has 0 aliphatic heterocycles. The number of hydrogen-bond acceptors (Lipinski definition) is 2. The summed E-state index contributed by atoms with van der Waals surface area (Å²) in [4.78, 5) is 0. The van der Waals surface area contributed by atoms with E-state index in [1.54, 1.807) is 0 Å². The minimum absolute atomic E-state index is 0.0723. The molecule has 64 valence electrons. The Balaban J connectivity index is 2.38. The molecule has 0 spiro atoms. The van der Waals surface area contributed by atoms with Crippen LogP contribution in [0.5, 0.6) is 0 Å². The number of rotatable bonds is 2. The van der Waals surface area contributed by atoms with Crippen molar-refractivity contribution in [3.8, 4) is 0 Å². The Morgan fingerprint density at radius 2 is 1.82 bits per heavy atom. The average Bonchev–Trinajstić information content (AvgIpc) is 2.05. The van der Waals surface area contributed by atoms with E-state index < -0.39 is 6.10 Å². The molecule has 2 nitrogen and oxygen atoms in total. The van der Waals surface area contributed by atoms with E-state index in [9.17, 15) is 5.11 Å². The van der Waals surface area contributed by atoms with E-state index in [1.165, 1.54) is 19.3 Å². The SMILES string of the molecule is C=C(O)C(O)C1CCCCC1. The van der Waals surface area contributed by atoms with Crippen LogP contribution in [0.25, 0.3) is 0 Å². The third-order valence-electron chi connectivity index (χ3n) is 2.44. The zero-order chi connectivity index (χ0) is 8.27. The monoisotopic (exact) mass is 156 g/mol. The van der Waals surface area contributed by atoms with Crippen LogP contribution in [-0.2, 0) is 0 Å². The molecule has 1 aliphatic rings. The van der Waals surface area contributed by atoms with Gasteiger partial charge < -0.3 is 10.2 Å². The molecule has 11 heavy (non-hydrogen) atoms. The predicted molar refractivity (Wildman–Crippen MR) is 44.4 cm³/mol. The van der Waals surface area contributed by atoms with Gasteiger partial charge in [0.2, 0.25) is 0 Å². The number of hydrogen-bond donors (Lipinski definition) is 2. The van der Waals surface area contributed by atoms with Crippen LogP contribution >= 0.6 is 0 Å². The first-order chi connectivity index (χ1) is 5.22. The van der Waals surface area contributed by atoms with Gasteiger partial charge in [-0.2, -0.15) is 0 Å². The van der Waals surface area contributed by atoms with Crippen LogP contribution in [0.2, 0.25) is 0 Å². The van der Waals surface area contributed by atoms with E-state index in [0.717, 1.165) is 12.8 Å². The maximum Gasteiger partial charge on any atom is 0.114 e. The van der Waals surface area contributed by atoms with Crippen LogP contribution in [0.1, 0.15) is 32.1 Å². The van der Waals surface area contributed by atoms with Gasteiger partial charge in [-0.25, -0.2) is 0 Å².